The van der Waals surface area contributed by atoms with Gasteiger partial charge < -0.3 is 21.3 Å². The van der Waals surface area contributed by atoms with Gasteiger partial charge in [0.1, 0.15) is 0 Å². The van der Waals surface area contributed by atoms with Crippen molar-refractivity contribution in [1.29, 1.82) is 0 Å². The van der Waals surface area contributed by atoms with E-state index in [2.05, 4.69) is 46.1 Å². The second kappa shape index (κ2) is 6.86. The van der Waals surface area contributed by atoms with E-state index in [1.807, 2.05) is 12.4 Å². The molecule has 0 saturated carbocycles. The first-order valence-electron chi connectivity index (χ1n) is 8.96. The van der Waals surface area contributed by atoms with Gasteiger partial charge in [0.25, 0.3) is 0 Å². The van der Waals surface area contributed by atoms with Crippen LogP contribution < -0.4 is 21.3 Å². The predicted octanol–water partition coefficient (Wildman–Crippen LogP) is 2.92. The zero-order chi connectivity index (χ0) is 17.4. The summed E-state index contributed by atoms with van der Waals surface area (Å²) in [6.45, 7) is 4.12. The standard InChI is InChI=1S/C19H25N5S/c1-2-13-8-18-16(9-19(21)25-18)24(11-13)17-10-22-6-5-15(17)23-7-3-4-14(20)12-23/h5-6,8-11,14,19H,2-4,7,12,20-21H2,1H3. The van der Waals surface area contributed by atoms with Gasteiger partial charge in [-0.1, -0.05) is 6.92 Å². The van der Waals surface area contributed by atoms with Crippen molar-refractivity contribution in [2.45, 2.75) is 37.6 Å². The maximum atomic E-state index is 6.22. The lowest BCUT2D eigenvalue weighted by molar-refractivity contribution is 0.506. The molecular formula is C19H25N5S. The molecule has 2 unspecified atom stereocenters. The lowest BCUT2D eigenvalue weighted by Gasteiger charge is -2.36. The Kier molecular flexibility index (Phi) is 4.58. The van der Waals surface area contributed by atoms with Crippen molar-refractivity contribution in [2.24, 2.45) is 11.5 Å². The number of piperidine rings is 1. The Labute approximate surface area is 153 Å². The highest BCUT2D eigenvalue weighted by Crippen LogP contribution is 2.44. The smallest absolute Gasteiger partial charge is 0.0876 e. The monoisotopic (exact) mass is 355 g/mol. The van der Waals surface area contributed by atoms with E-state index in [9.17, 15) is 0 Å². The van der Waals surface area contributed by atoms with Gasteiger partial charge in [-0.2, -0.15) is 0 Å². The van der Waals surface area contributed by atoms with Crippen molar-refractivity contribution in [1.82, 2.24) is 4.98 Å². The molecule has 4 rings (SSSR count). The summed E-state index contributed by atoms with van der Waals surface area (Å²) >= 11 is 1.72. The minimum atomic E-state index is 0.0110. The molecule has 1 aromatic heterocycles. The Bertz CT molecular complexity index is 754. The van der Waals surface area contributed by atoms with Crippen LogP contribution in [0.2, 0.25) is 0 Å². The van der Waals surface area contributed by atoms with Crippen molar-refractivity contribution in [2.75, 3.05) is 22.9 Å². The average Bonchev–Trinajstić information content (AvgIpc) is 3.01. The summed E-state index contributed by atoms with van der Waals surface area (Å²) in [6.07, 6.45) is 13.7. The fraction of sp³-hybridized carbons (Fsp3) is 0.421. The summed E-state index contributed by atoms with van der Waals surface area (Å²) in [5.41, 5.74) is 17.2. The minimum absolute atomic E-state index is 0.0110. The number of nitrogens with zero attached hydrogens (tertiary/aromatic N) is 3. The van der Waals surface area contributed by atoms with Gasteiger partial charge in [-0.05, 0) is 43.1 Å². The van der Waals surface area contributed by atoms with Crippen LogP contribution in [0.3, 0.4) is 0 Å². The highest BCUT2D eigenvalue weighted by atomic mass is 32.2. The van der Waals surface area contributed by atoms with Crippen LogP contribution in [0, 0.1) is 0 Å². The fourth-order valence-electron chi connectivity index (χ4n) is 3.68. The molecule has 0 amide bonds. The number of hydrogen-bond acceptors (Lipinski definition) is 6. The van der Waals surface area contributed by atoms with Gasteiger partial charge in [-0.25, -0.2) is 0 Å². The Balaban J connectivity index is 1.75. The van der Waals surface area contributed by atoms with Crippen LogP contribution in [-0.2, 0) is 0 Å². The summed E-state index contributed by atoms with van der Waals surface area (Å²) in [7, 11) is 0. The topological polar surface area (TPSA) is 71.4 Å². The van der Waals surface area contributed by atoms with E-state index >= 15 is 0 Å². The maximum absolute atomic E-state index is 6.22. The van der Waals surface area contributed by atoms with E-state index in [-0.39, 0.29) is 11.4 Å². The molecular weight excluding hydrogens is 330 g/mol. The first kappa shape index (κ1) is 16.7. The molecule has 132 valence electrons. The summed E-state index contributed by atoms with van der Waals surface area (Å²) in [6, 6.07) is 2.34. The van der Waals surface area contributed by atoms with E-state index in [0.717, 1.165) is 38.0 Å². The lowest BCUT2D eigenvalue weighted by Crippen LogP contribution is -2.43. The van der Waals surface area contributed by atoms with Crippen LogP contribution in [0.5, 0.6) is 0 Å². The van der Waals surface area contributed by atoms with Gasteiger partial charge in [-0.3, -0.25) is 4.98 Å². The SMILES string of the molecule is CCC1=CN(c2cnccc2N2CCCC(N)C2)C2=CC(N)SC2=C1. The third-order valence-electron chi connectivity index (χ3n) is 4.95. The van der Waals surface area contributed by atoms with E-state index in [0.29, 0.717) is 0 Å². The molecule has 0 radical (unpaired) electrons. The van der Waals surface area contributed by atoms with Gasteiger partial charge >= 0.3 is 0 Å². The molecule has 1 fully saturated rings. The molecule has 6 heteroatoms. The number of allylic oxidation sites excluding steroid dienone is 2. The van der Waals surface area contributed by atoms with Crippen molar-refractivity contribution in [3.8, 4) is 0 Å². The van der Waals surface area contributed by atoms with Crippen LogP contribution >= 0.6 is 11.8 Å². The number of thioether (sulfide) groups is 1. The Hall–Kier alpha value is -1.76. The lowest BCUT2D eigenvalue weighted by atomic mass is 10.0. The zero-order valence-corrected chi connectivity index (χ0v) is 15.4. The van der Waals surface area contributed by atoms with Gasteiger partial charge in [0.15, 0.2) is 0 Å². The van der Waals surface area contributed by atoms with Crippen molar-refractivity contribution in [3.05, 3.63) is 53.0 Å². The Morgan fingerprint density at radius 1 is 1.32 bits per heavy atom. The van der Waals surface area contributed by atoms with E-state index in [1.54, 1.807) is 11.8 Å². The van der Waals surface area contributed by atoms with Crippen LogP contribution in [0.25, 0.3) is 0 Å². The highest BCUT2D eigenvalue weighted by Gasteiger charge is 2.29. The van der Waals surface area contributed by atoms with Crippen LogP contribution in [0.4, 0.5) is 11.4 Å². The molecule has 2 atom stereocenters. The molecule has 25 heavy (non-hydrogen) atoms. The second-order valence-corrected chi connectivity index (χ2v) is 8.00. The summed E-state index contributed by atoms with van der Waals surface area (Å²) in [4.78, 5) is 10.3. The normalized spacial score (nSPS) is 26.1. The molecule has 0 aliphatic carbocycles. The second-order valence-electron chi connectivity index (χ2n) is 6.78. The first-order chi connectivity index (χ1) is 12.2. The fourth-order valence-corrected chi connectivity index (χ4v) is 4.68. The third kappa shape index (κ3) is 3.21. The molecule has 4 N–H and O–H groups in total. The van der Waals surface area contributed by atoms with E-state index in [1.165, 1.54) is 21.9 Å². The van der Waals surface area contributed by atoms with Gasteiger partial charge in [0.05, 0.1) is 28.6 Å². The van der Waals surface area contributed by atoms with Crippen molar-refractivity contribution >= 4 is 23.1 Å². The molecule has 4 heterocycles. The molecule has 1 saturated heterocycles. The number of anilines is 2. The summed E-state index contributed by atoms with van der Waals surface area (Å²) < 4.78 is 0. The van der Waals surface area contributed by atoms with E-state index < -0.39 is 0 Å². The number of rotatable bonds is 3. The number of fused-ring (bicyclic) bond motifs is 1. The van der Waals surface area contributed by atoms with Crippen molar-refractivity contribution in [3.63, 3.8) is 0 Å². The maximum Gasteiger partial charge on any atom is 0.0876 e. The minimum Gasteiger partial charge on any atom is -0.368 e. The van der Waals surface area contributed by atoms with Gasteiger partial charge in [-0.15, -0.1) is 11.8 Å². The quantitative estimate of drug-likeness (QED) is 0.869. The molecule has 3 aliphatic rings. The first-order valence-corrected chi connectivity index (χ1v) is 9.84. The van der Waals surface area contributed by atoms with Gasteiger partial charge in [0.2, 0.25) is 0 Å². The number of nitrogens with two attached hydrogens (primary N) is 2. The van der Waals surface area contributed by atoms with Crippen LogP contribution in [-0.4, -0.2) is 29.5 Å². The number of aromatic nitrogens is 1. The Morgan fingerprint density at radius 3 is 3.00 bits per heavy atom. The zero-order valence-electron chi connectivity index (χ0n) is 14.6. The van der Waals surface area contributed by atoms with Crippen LogP contribution in [0.15, 0.2) is 53.0 Å². The van der Waals surface area contributed by atoms with E-state index in [4.69, 9.17) is 11.5 Å². The van der Waals surface area contributed by atoms with Crippen molar-refractivity contribution < 1.29 is 0 Å². The largest absolute Gasteiger partial charge is 0.368 e. The molecule has 1 aromatic rings. The predicted molar refractivity (Wildman–Crippen MR) is 106 cm³/mol. The molecule has 3 aliphatic heterocycles. The average molecular weight is 356 g/mol. The van der Waals surface area contributed by atoms with Gasteiger partial charge in [0, 0.05) is 36.4 Å². The summed E-state index contributed by atoms with van der Waals surface area (Å²) in [5, 5.41) is 0.0110. The highest BCUT2D eigenvalue weighted by molar-refractivity contribution is 8.04. The molecule has 0 spiro atoms. The van der Waals surface area contributed by atoms with Crippen LogP contribution in [0.1, 0.15) is 26.2 Å². The Morgan fingerprint density at radius 2 is 2.20 bits per heavy atom. The third-order valence-corrected chi connectivity index (χ3v) is 5.94. The molecule has 0 aromatic carbocycles. The number of hydrogen-bond donors (Lipinski definition) is 2. The summed E-state index contributed by atoms with van der Waals surface area (Å²) in [5.74, 6) is 0. The molecule has 5 nitrogen and oxygen atoms in total. The molecule has 0 bridgehead atoms. The number of pyridine rings is 1.